The molecule has 1 unspecified atom stereocenters. The molecule has 1 fully saturated rings. The van der Waals surface area contributed by atoms with Gasteiger partial charge >= 0.3 is 6.18 Å². The molecule has 1 N–H and O–H groups in total. The maximum atomic E-state index is 12.6. The van der Waals surface area contributed by atoms with Crippen LogP contribution in [0.15, 0.2) is 48.8 Å². The van der Waals surface area contributed by atoms with Gasteiger partial charge in [-0.2, -0.15) is 13.2 Å². The molecule has 5 nitrogen and oxygen atoms in total. The van der Waals surface area contributed by atoms with E-state index in [0.717, 1.165) is 12.1 Å². The van der Waals surface area contributed by atoms with Gasteiger partial charge in [-0.25, -0.2) is 5.01 Å². The quantitative estimate of drug-likeness (QED) is 0.885. The monoisotopic (exact) mass is 381 g/mol. The zero-order chi connectivity index (χ0) is 18.7. The Bertz CT molecular complexity index is 797. The number of pyridine rings is 1. The minimum atomic E-state index is -4.39. The van der Waals surface area contributed by atoms with Gasteiger partial charge in [-0.15, -0.1) is 11.8 Å². The van der Waals surface area contributed by atoms with Gasteiger partial charge in [0.15, 0.2) is 0 Å². The molecule has 0 bridgehead atoms. The summed E-state index contributed by atoms with van der Waals surface area (Å²) in [6.07, 6.45) is -1.13. The lowest BCUT2D eigenvalue weighted by molar-refractivity contribution is -0.137. The number of nitrogens with one attached hydrogen (secondary N) is 1. The fraction of sp³-hybridized carbons (Fsp3) is 0.235. The number of benzene rings is 1. The van der Waals surface area contributed by atoms with E-state index in [1.54, 1.807) is 0 Å². The highest BCUT2D eigenvalue weighted by atomic mass is 32.2. The van der Waals surface area contributed by atoms with Crippen LogP contribution >= 0.6 is 11.8 Å². The predicted molar refractivity (Wildman–Crippen MR) is 89.9 cm³/mol. The van der Waals surface area contributed by atoms with Crippen molar-refractivity contribution in [2.45, 2.75) is 18.0 Å². The number of amides is 2. The molecule has 2 aromatic rings. The van der Waals surface area contributed by atoms with Crippen LogP contribution in [0.4, 0.5) is 13.2 Å². The molecular formula is C17H14F3N3O2S. The molecule has 0 spiro atoms. The summed E-state index contributed by atoms with van der Waals surface area (Å²) in [6, 6.07) is 7.83. The molecule has 1 aliphatic rings. The zero-order valence-electron chi connectivity index (χ0n) is 13.4. The smallest absolute Gasteiger partial charge is 0.272 e. The maximum absolute atomic E-state index is 12.6. The Kier molecular flexibility index (Phi) is 5.17. The molecule has 9 heteroatoms. The lowest BCUT2D eigenvalue weighted by Gasteiger charge is -2.24. The van der Waals surface area contributed by atoms with E-state index in [9.17, 15) is 22.8 Å². The second-order valence-corrected chi connectivity index (χ2v) is 6.77. The molecular weight excluding hydrogens is 367 g/mol. The average molecular weight is 381 g/mol. The first kappa shape index (κ1) is 18.2. The summed E-state index contributed by atoms with van der Waals surface area (Å²) in [7, 11) is 0. The summed E-state index contributed by atoms with van der Waals surface area (Å²) < 4.78 is 37.9. The van der Waals surface area contributed by atoms with E-state index in [-0.39, 0.29) is 17.0 Å². The number of alkyl halides is 3. The minimum absolute atomic E-state index is 0.196. The summed E-state index contributed by atoms with van der Waals surface area (Å²) in [5, 5.41) is 0.857. The van der Waals surface area contributed by atoms with Crippen LogP contribution in [0.3, 0.4) is 0 Å². The Morgan fingerprint density at radius 1 is 1.19 bits per heavy atom. The van der Waals surface area contributed by atoms with Crippen molar-refractivity contribution in [1.82, 2.24) is 15.4 Å². The molecule has 0 aliphatic carbocycles. The Hall–Kier alpha value is -2.55. The van der Waals surface area contributed by atoms with Crippen molar-refractivity contribution in [2.24, 2.45) is 0 Å². The molecule has 136 valence electrons. The second kappa shape index (κ2) is 7.36. The van der Waals surface area contributed by atoms with E-state index in [2.05, 4.69) is 10.4 Å². The van der Waals surface area contributed by atoms with Gasteiger partial charge < -0.3 is 0 Å². The largest absolute Gasteiger partial charge is 0.416 e. The van der Waals surface area contributed by atoms with Gasteiger partial charge in [0.05, 0.1) is 11.3 Å². The highest BCUT2D eigenvalue weighted by Crippen LogP contribution is 2.31. The standard InChI is InChI=1S/C17H14F3N3O2S/c18-17(19,20)13-3-1-11(2-4-13)9-15-23(14(24)10-26-15)22-16(25)12-5-7-21-8-6-12/h1-8,15H,9-10H2,(H,22,25). The lowest BCUT2D eigenvalue weighted by Crippen LogP contribution is -2.48. The van der Waals surface area contributed by atoms with Crippen LogP contribution in [0, 0.1) is 0 Å². The number of hydrazine groups is 1. The summed E-state index contributed by atoms with van der Waals surface area (Å²) in [5.74, 6) is -0.503. The molecule has 2 amide bonds. The number of aromatic nitrogens is 1. The van der Waals surface area contributed by atoms with Gasteiger partial charge in [0, 0.05) is 24.4 Å². The first-order chi connectivity index (χ1) is 12.3. The summed E-state index contributed by atoms with van der Waals surface area (Å²) in [4.78, 5) is 28.1. The van der Waals surface area contributed by atoms with E-state index >= 15 is 0 Å². The third-order valence-electron chi connectivity index (χ3n) is 3.81. The fourth-order valence-electron chi connectivity index (χ4n) is 2.47. The van der Waals surface area contributed by atoms with Crippen molar-refractivity contribution in [3.63, 3.8) is 0 Å². The number of carbonyl (C=O) groups is 2. The van der Waals surface area contributed by atoms with Crippen LogP contribution in [0.1, 0.15) is 21.5 Å². The summed E-state index contributed by atoms with van der Waals surface area (Å²) >= 11 is 1.33. The van der Waals surface area contributed by atoms with Gasteiger partial charge in [-0.1, -0.05) is 12.1 Å². The van der Waals surface area contributed by atoms with Crippen LogP contribution in [-0.4, -0.2) is 32.9 Å². The number of rotatable bonds is 4. The minimum Gasteiger partial charge on any atom is -0.272 e. The molecule has 1 aliphatic heterocycles. The van der Waals surface area contributed by atoms with Gasteiger partial charge in [0.25, 0.3) is 11.8 Å². The van der Waals surface area contributed by atoms with Crippen LogP contribution in [-0.2, 0) is 17.4 Å². The summed E-state index contributed by atoms with van der Waals surface area (Å²) in [5.41, 5.74) is 2.85. The van der Waals surface area contributed by atoms with Crippen LogP contribution in [0.25, 0.3) is 0 Å². The van der Waals surface area contributed by atoms with E-state index in [1.165, 1.54) is 53.4 Å². The SMILES string of the molecule is O=C(NN1C(=O)CSC1Cc1ccc(C(F)(F)F)cc1)c1ccncc1. The molecule has 0 saturated carbocycles. The first-order valence-corrected chi connectivity index (χ1v) is 8.70. The number of nitrogens with zero attached hydrogens (tertiary/aromatic N) is 2. The van der Waals surface area contributed by atoms with Crippen LogP contribution in [0.2, 0.25) is 0 Å². The van der Waals surface area contributed by atoms with Gasteiger partial charge in [-0.3, -0.25) is 20.0 Å². The van der Waals surface area contributed by atoms with Gasteiger partial charge in [-0.05, 0) is 29.8 Å². The van der Waals surface area contributed by atoms with Crippen molar-refractivity contribution < 1.29 is 22.8 Å². The van der Waals surface area contributed by atoms with Crippen molar-refractivity contribution >= 4 is 23.6 Å². The molecule has 3 rings (SSSR count). The Labute approximate surface area is 151 Å². The highest BCUT2D eigenvalue weighted by molar-refractivity contribution is 8.00. The molecule has 1 aromatic carbocycles. The molecule has 1 aromatic heterocycles. The molecule has 26 heavy (non-hydrogen) atoms. The van der Waals surface area contributed by atoms with Crippen molar-refractivity contribution in [3.8, 4) is 0 Å². The number of thioether (sulfide) groups is 1. The Morgan fingerprint density at radius 3 is 2.46 bits per heavy atom. The third kappa shape index (κ3) is 4.16. The lowest BCUT2D eigenvalue weighted by atomic mass is 10.1. The summed E-state index contributed by atoms with van der Waals surface area (Å²) in [6.45, 7) is 0. The van der Waals surface area contributed by atoms with Gasteiger partial charge in [0.1, 0.15) is 5.37 Å². The number of hydrogen-bond acceptors (Lipinski definition) is 4. The first-order valence-electron chi connectivity index (χ1n) is 7.65. The van der Waals surface area contributed by atoms with E-state index in [0.29, 0.717) is 17.5 Å². The molecule has 0 radical (unpaired) electrons. The third-order valence-corrected chi connectivity index (χ3v) is 4.99. The number of hydrogen-bond donors (Lipinski definition) is 1. The van der Waals surface area contributed by atoms with Crippen LogP contribution < -0.4 is 5.43 Å². The Balaban J connectivity index is 1.69. The van der Waals surface area contributed by atoms with E-state index < -0.39 is 17.6 Å². The highest BCUT2D eigenvalue weighted by Gasteiger charge is 2.34. The zero-order valence-corrected chi connectivity index (χ0v) is 14.2. The second-order valence-electron chi connectivity index (χ2n) is 5.61. The van der Waals surface area contributed by atoms with Crippen molar-refractivity contribution in [3.05, 3.63) is 65.5 Å². The fourth-order valence-corrected chi connectivity index (χ4v) is 3.57. The van der Waals surface area contributed by atoms with Crippen LogP contribution in [0.5, 0.6) is 0 Å². The normalized spacial score (nSPS) is 17.4. The van der Waals surface area contributed by atoms with E-state index in [1.807, 2.05) is 0 Å². The molecule has 1 atom stereocenters. The molecule has 2 heterocycles. The van der Waals surface area contributed by atoms with E-state index in [4.69, 9.17) is 0 Å². The maximum Gasteiger partial charge on any atom is 0.416 e. The van der Waals surface area contributed by atoms with Gasteiger partial charge in [0.2, 0.25) is 0 Å². The molecule has 1 saturated heterocycles. The Morgan fingerprint density at radius 2 is 1.85 bits per heavy atom. The van der Waals surface area contributed by atoms with Crippen molar-refractivity contribution in [1.29, 1.82) is 0 Å². The predicted octanol–water partition coefficient (Wildman–Crippen LogP) is 2.89. The average Bonchev–Trinajstić information content (AvgIpc) is 2.95. The number of halogens is 3. The number of carbonyl (C=O) groups excluding carboxylic acids is 2. The van der Waals surface area contributed by atoms with Crippen molar-refractivity contribution in [2.75, 3.05) is 5.75 Å². The topological polar surface area (TPSA) is 62.3 Å².